The van der Waals surface area contributed by atoms with E-state index in [4.69, 9.17) is 4.74 Å². The Hall–Kier alpha value is -1.13. The molecule has 1 saturated carbocycles. The highest BCUT2D eigenvalue weighted by atomic mass is 19.1. The van der Waals surface area contributed by atoms with Crippen LogP contribution in [0.5, 0.6) is 5.75 Å². The Morgan fingerprint density at radius 3 is 3.00 bits per heavy atom. The summed E-state index contributed by atoms with van der Waals surface area (Å²) in [4.78, 5) is 0. The molecule has 3 nitrogen and oxygen atoms in total. The minimum atomic E-state index is -0.319. The molecule has 17 heavy (non-hydrogen) atoms. The molecule has 0 heterocycles. The van der Waals surface area contributed by atoms with Crippen molar-refractivity contribution in [3.05, 3.63) is 29.6 Å². The smallest absolute Gasteiger partial charge is 0.123 e. The molecule has 2 unspecified atom stereocenters. The molecule has 0 aromatic heterocycles. The highest BCUT2D eigenvalue weighted by Crippen LogP contribution is 2.23. The Morgan fingerprint density at radius 2 is 2.29 bits per heavy atom. The molecule has 2 N–H and O–H groups in total. The van der Waals surface area contributed by atoms with Gasteiger partial charge in [-0.3, -0.25) is 0 Å². The average molecular weight is 239 g/mol. The van der Waals surface area contributed by atoms with Gasteiger partial charge in [0.05, 0.1) is 6.10 Å². The summed E-state index contributed by atoms with van der Waals surface area (Å²) in [7, 11) is 1.73. The molecule has 1 aliphatic carbocycles. The minimum Gasteiger partial charge on any atom is -0.508 e. The molecule has 1 aromatic rings. The van der Waals surface area contributed by atoms with Gasteiger partial charge < -0.3 is 15.2 Å². The van der Waals surface area contributed by atoms with Crippen molar-refractivity contribution in [1.82, 2.24) is 5.32 Å². The van der Waals surface area contributed by atoms with Crippen LogP contribution in [-0.4, -0.2) is 24.4 Å². The third-order valence-corrected chi connectivity index (χ3v) is 3.34. The van der Waals surface area contributed by atoms with Gasteiger partial charge in [-0.05, 0) is 37.5 Å². The lowest BCUT2D eigenvalue weighted by molar-refractivity contribution is 0.107. The summed E-state index contributed by atoms with van der Waals surface area (Å²) in [5, 5.41) is 12.9. The van der Waals surface area contributed by atoms with E-state index in [-0.39, 0.29) is 11.6 Å². The summed E-state index contributed by atoms with van der Waals surface area (Å²) in [6, 6.07) is 4.40. The molecule has 1 fully saturated rings. The van der Waals surface area contributed by atoms with E-state index in [1.54, 1.807) is 7.11 Å². The van der Waals surface area contributed by atoms with E-state index in [2.05, 4.69) is 5.32 Å². The molecule has 0 radical (unpaired) electrons. The third-order valence-electron chi connectivity index (χ3n) is 3.34. The fraction of sp³-hybridized carbons (Fsp3) is 0.538. The van der Waals surface area contributed by atoms with Crippen LogP contribution in [0.15, 0.2) is 18.2 Å². The van der Waals surface area contributed by atoms with E-state index in [1.807, 2.05) is 0 Å². The first kappa shape index (κ1) is 12.3. The van der Waals surface area contributed by atoms with Crippen molar-refractivity contribution < 1.29 is 14.2 Å². The fourth-order valence-corrected chi connectivity index (χ4v) is 2.29. The summed E-state index contributed by atoms with van der Waals surface area (Å²) in [5.41, 5.74) is 0.603. The average Bonchev–Trinajstić information content (AvgIpc) is 2.78. The monoisotopic (exact) mass is 239 g/mol. The number of phenols is 1. The molecule has 2 rings (SSSR count). The molecule has 94 valence electrons. The number of benzene rings is 1. The topological polar surface area (TPSA) is 41.5 Å². The van der Waals surface area contributed by atoms with E-state index < -0.39 is 0 Å². The molecule has 1 aromatic carbocycles. The Labute approximate surface area is 101 Å². The normalized spacial score (nSPS) is 24.1. The Morgan fingerprint density at radius 1 is 1.47 bits per heavy atom. The fourth-order valence-electron chi connectivity index (χ4n) is 2.29. The van der Waals surface area contributed by atoms with Crippen molar-refractivity contribution in [3.63, 3.8) is 0 Å². The van der Waals surface area contributed by atoms with Crippen molar-refractivity contribution in [2.45, 2.75) is 38.0 Å². The zero-order valence-electron chi connectivity index (χ0n) is 9.95. The second kappa shape index (κ2) is 5.47. The van der Waals surface area contributed by atoms with Crippen LogP contribution in [0.3, 0.4) is 0 Å². The van der Waals surface area contributed by atoms with Gasteiger partial charge in [-0.15, -0.1) is 0 Å². The van der Waals surface area contributed by atoms with Gasteiger partial charge in [0.25, 0.3) is 0 Å². The second-order valence-corrected chi connectivity index (χ2v) is 4.52. The van der Waals surface area contributed by atoms with Gasteiger partial charge >= 0.3 is 0 Å². The van der Waals surface area contributed by atoms with Crippen molar-refractivity contribution in [2.75, 3.05) is 7.11 Å². The lowest BCUT2D eigenvalue weighted by Crippen LogP contribution is -2.26. The first-order valence-electron chi connectivity index (χ1n) is 5.92. The minimum absolute atomic E-state index is 0.139. The standard InChI is InChI=1S/C13H18FNO2/c1-17-12-4-3-11(7-12)15-8-9-6-10(14)2-5-13(9)16/h2,5-6,11-12,15-16H,3-4,7-8H2,1H3. The van der Waals surface area contributed by atoms with Gasteiger partial charge in [0.15, 0.2) is 0 Å². The van der Waals surface area contributed by atoms with Gasteiger partial charge in [0.2, 0.25) is 0 Å². The SMILES string of the molecule is COC1CCC(NCc2cc(F)ccc2O)C1. The predicted molar refractivity (Wildman–Crippen MR) is 63.3 cm³/mol. The van der Waals surface area contributed by atoms with Gasteiger partial charge in [0.1, 0.15) is 11.6 Å². The number of methoxy groups -OCH3 is 1. The molecule has 0 bridgehead atoms. The van der Waals surface area contributed by atoms with Crippen LogP contribution < -0.4 is 5.32 Å². The number of halogens is 1. The van der Waals surface area contributed by atoms with E-state index in [0.717, 1.165) is 19.3 Å². The number of nitrogens with one attached hydrogen (secondary N) is 1. The van der Waals surface area contributed by atoms with Gasteiger partial charge in [-0.1, -0.05) is 0 Å². The van der Waals surface area contributed by atoms with Gasteiger partial charge in [-0.2, -0.15) is 0 Å². The van der Waals surface area contributed by atoms with E-state index in [9.17, 15) is 9.50 Å². The Bertz CT molecular complexity index is 384. The summed E-state index contributed by atoms with van der Waals surface area (Å²) in [6.45, 7) is 0.491. The van der Waals surface area contributed by atoms with Crippen LogP contribution in [0.4, 0.5) is 4.39 Å². The molecule has 0 spiro atoms. The summed E-state index contributed by atoms with van der Waals surface area (Å²) in [5.74, 6) is -0.180. The van der Waals surface area contributed by atoms with Crippen molar-refractivity contribution in [2.24, 2.45) is 0 Å². The lowest BCUT2D eigenvalue weighted by atomic mass is 10.1. The largest absolute Gasteiger partial charge is 0.508 e. The van der Waals surface area contributed by atoms with Gasteiger partial charge in [-0.25, -0.2) is 4.39 Å². The van der Waals surface area contributed by atoms with Crippen LogP contribution in [0.25, 0.3) is 0 Å². The molecular weight excluding hydrogens is 221 g/mol. The number of hydrogen-bond acceptors (Lipinski definition) is 3. The number of hydrogen-bond donors (Lipinski definition) is 2. The van der Waals surface area contributed by atoms with Crippen LogP contribution in [0.2, 0.25) is 0 Å². The van der Waals surface area contributed by atoms with E-state index in [1.165, 1.54) is 18.2 Å². The van der Waals surface area contributed by atoms with Crippen LogP contribution in [0.1, 0.15) is 24.8 Å². The van der Waals surface area contributed by atoms with Crippen molar-refractivity contribution in [1.29, 1.82) is 0 Å². The number of rotatable bonds is 4. The predicted octanol–water partition coefficient (Wildman–Crippen LogP) is 2.19. The molecule has 4 heteroatoms. The maximum atomic E-state index is 13.0. The first-order valence-corrected chi connectivity index (χ1v) is 5.92. The Kier molecular flexibility index (Phi) is 3.97. The highest BCUT2D eigenvalue weighted by molar-refractivity contribution is 5.32. The molecule has 0 saturated heterocycles. The van der Waals surface area contributed by atoms with Crippen LogP contribution in [-0.2, 0) is 11.3 Å². The molecule has 2 atom stereocenters. The summed E-state index contributed by atoms with van der Waals surface area (Å²) >= 11 is 0. The Balaban J connectivity index is 1.88. The highest BCUT2D eigenvalue weighted by Gasteiger charge is 2.23. The maximum absolute atomic E-state index is 13.0. The van der Waals surface area contributed by atoms with Crippen LogP contribution in [0, 0.1) is 5.82 Å². The third kappa shape index (κ3) is 3.17. The van der Waals surface area contributed by atoms with E-state index in [0.29, 0.717) is 24.3 Å². The number of ether oxygens (including phenoxy) is 1. The molecule has 0 amide bonds. The zero-order valence-corrected chi connectivity index (χ0v) is 9.95. The van der Waals surface area contributed by atoms with Crippen molar-refractivity contribution in [3.8, 4) is 5.75 Å². The summed E-state index contributed by atoms with van der Waals surface area (Å²) in [6.07, 6.45) is 3.43. The maximum Gasteiger partial charge on any atom is 0.123 e. The summed E-state index contributed by atoms with van der Waals surface area (Å²) < 4.78 is 18.3. The number of aromatic hydroxyl groups is 1. The van der Waals surface area contributed by atoms with Crippen molar-refractivity contribution >= 4 is 0 Å². The molecule has 0 aliphatic heterocycles. The second-order valence-electron chi connectivity index (χ2n) is 4.52. The van der Waals surface area contributed by atoms with Crippen LogP contribution >= 0.6 is 0 Å². The molecular formula is C13H18FNO2. The quantitative estimate of drug-likeness (QED) is 0.846. The zero-order chi connectivity index (χ0) is 12.3. The molecule has 1 aliphatic rings. The lowest BCUT2D eigenvalue weighted by Gasteiger charge is -2.13. The van der Waals surface area contributed by atoms with Gasteiger partial charge in [0, 0.05) is 25.3 Å². The van der Waals surface area contributed by atoms with E-state index >= 15 is 0 Å². The number of phenolic OH excluding ortho intramolecular Hbond substituents is 1. The first-order chi connectivity index (χ1) is 8.19.